The summed E-state index contributed by atoms with van der Waals surface area (Å²) in [4.78, 5) is 28.1. The van der Waals surface area contributed by atoms with Crippen molar-refractivity contribution >= 4 is 23.3 Å². The molecule has 0 atom stereocenters. The van der Waals surface area contributed by atoms with Gasteiger partial charge >= 0.3 is 12.1 Å². The topological polar surface area (TPSA) is 73.6 Å². The lowest BCUT2D eigenvalue weighted by Crippen LogP contribution is -2.54. The number of carbonyl (C=O) groups excluding carboxylic acids is 2. The molecular weight excluding hydrogens is 423 g/mol. The van der Waals surface area contributed by atoms with Gasteiger partial charge in [-0.3, -0.25) is 9.69 Å². The maximum Gasteiger partial charge on any atom is 0.417 e. The van der Waals surface area contributed by atoms with E-state index in [4.69, 9.17) is 10.00 Å². The van der Waals surface area contributed by atoms with Crippen LogP contribution in [-0.4, -0.2) is 24.5 Å². The first kappa shape index (κ1) is 21.4. The van der Waals surface area contributed by atoms with Crippen molar-refractivity contribution < 1.29 is 27.5 Å². The summed E-state index contributed by atoms with van der Waals surface area (Å²) in [5.41, 5.74) is -1.67. The molecular formula is C23H18F3N3O3. The number of alkyl halides is 3. The van der Waals surface area contributed by atoms with E-state index in [-0.39, 0.29) is 17.4 Å². The molecule has 9 heteroatoms. The molecule has 2 fully saturated rings. The number of ether oxygens (including phenoxy) is 1. The molecule has 1 heterocycles. The van der Waals surface area contributed by atoms with Crippen molar-refractivity contribution in [2.75, 3.05) is 16.9 Å². The summed E-state index contributed by atoms with van der Waals surface area (Å²) in [6.45, 7) is 4.00. The minimum absolute atomic E-state index is 0.00807. The van der Waals surface area contributed by atoms with Gasteiger partial charge in [0.25, 0.3) is 5.91 Å². The fourth-order valence-corrected chi connectivity index (χ4v) is 4.25. The van der Waals surface area contributed by atoms with Gasteiger partial charge in [-0.05, 0) is 61.7 Å². The lowest BCUT2D eigenvalue weighted by molar-refractivity contribution is -0.137. The van der Waals surface area contributed by atoms with Gasteiger partial charge in [0.1, 0.15) is 11.4 Å². The molecule has 2 aromatic rings. The van der Waals surface area contributed by atoms with E-state index in [1.165, 1.54) is 18.1 Å². The molecule has 1 amide bonds. The number of benzene rings is 2. The normalized spacial score (nSPS) is 17.3. The van der Waals surface area contributed by atoms with Crippen molar-refractivity contribution in [1.82, 2.24) is 0 Å². The van der Waals surface area contributed by atoms with Crippen LogP contribution in [0.2, 0.25) is 0 Å². The smallest absolute Gasteiger partial charge is 0.417 e. The second-order valence-corrected chi connectivity index (χ2v) is 7.66. The zero-order valence-corrected chi connectivity index (χ0v) is 17.1. The molecule has 164 valence electrons. The van der Waals surface area contributed by atoms with Crippen molar-refractivity contribution in [3.05, 3.63) is 71.6 Å². The number of nitrogens with zero attached hydrogens (tertiary/aromatic N) is 3. The van der Waals surface area contributed by atoms with Gasteiger partial charge in [0.05, 0.1) is 35.6 Å². The van der Waals surface area contributed by atoms with Crippen LogP contribution in [0, 0.1) is 11.3 Å². The van der Waals surface area contributed by atoms with Gasteiger partial charge < -0.3 is 9.64 Å². The number of halogens is 3. The van der Waals surface area contributed by atoms with Crippen LogP contribution in [0.4, 0.5) is 24.5 Å². The zero-order chi connectivity index (χ0) is 23.3. The van der Waals surface area contributed by atoms with Gasteiger partial charge in [0.2, 0.25) is 0 Å². The third-order valence-corrected chi connectivity index (χ3v) is 5.96. The predicted octanol–water partition coefficient (Wildman–Crippen LogP) is 4.61. The molecule has 6 nitrogen and oxygen atoms in total. The Hall–Kier alpha value is -3.80. The summed E-state index contributed by atoms with van der Waals surface area (Å²) in [6, 6.07) is 11.1. The number of amides is 1. The van der Waals surface area contributed by atoms with E-state index < -0.39 is 28.8 Å². The van der Waals surface area contributed by atoms with Crippen LogP contribution >= 0.6 is 0 Å². The molecule has 0 radical (unpaired) electrons. The molecule has 0 bridgehead atoms. The van der Waals surface area contributed by atoms with Crippen molar-refractivity contribution in [3.63, 3.8) is 0 Å². The average molecular weight is 441 g/mol. The van der Waals surface area contributed by atoms with Gasteiger partial charge in [-0.25, -0.2) is 4.79 Å². The van der Waals surface area contributed by atoms with Crippen LogP contribution in [0.15, 0.2) is 54.9 Å². The van der Waals surface area contributed by atoms with Gasteiger partial charge in [-0.1, -0.05) is 6.58 Å². The lowest BCUT2D eigenvalue weighted by Gasteiger charge is -2.43. The van der Waals surface area contributed by atoms with Crippen LogP contribution in [0.5, 0.6) is 0 Å². The van der Waals surface area contributed by atoms with Gasteiger partial charge in [0.15, 0.2) is 0 Å². The van der Waals surface area contributed by atoms with Crippen LogP contribution in [0.1, 0.15) is 40.7 Å². The van der Waals surface area contributed by atoms with E-state index in [0.29, 0.717) is 24.1 Å². The standard InChI is InChI=1S/C23H18F3N3O3/c1-14-28(18-9-6-16(13-27)19(12-18)23(24,25)26)21(31)22(10-3-11-22)29(14)17-7-4-15(5-8-17)20(30)32-2/h4-9,12H,1,3,10-11H2,2H3. The summed E-state index contributed by atoms with van der Waals surface area (Å²) in [5.74, 6) is -0.674. The van der Waals surface area contributed by atoms with Gasteiger partial charge in [0, 0.05) is 5.69 Å². The highest BCUT2D eigenvalue weighted by molar-refractivity contribution is 6.11. The Kier molecular flexibility index (Phi) is 4.96. The maximum atomic E-state index is 13.5. The van der Waals surface area contributed by atoms with E-state index in [0.717, 1.165) is 18.6 Å². The lowest BCUT2D eigenvalue weighted by atomic mass is 9.75. The second-order valence-electron chi connectivity index (χ2n) is 7.66. The molecule has 1 saturated carbocycles. The van der Waals surface area contributed by atoms with Crippen LogP contribution < -0.4 is 9.80 Å². The molecule has 1 spiro atoms. The Morgan fingerprint density at radius 3 is 2.28 bits per heavy atom. The number of hydrogen-bond acceptors (Lipinski definition) is 5. The Labute approximate surface area is 182 Å². The molecule has 1 saturated heterocycles. The van der Waals surface area contributed by atoms with Crippen LogP contribution in [0.25, 0.3) is 0 Å². The highest BCUT2D eigenvalue weighted by Gasteiger charge is 2.58. The van der Waals surface area contributed by atoms with Crippen molar-refractivity contribution in [2.24, 2.45) is 0 Å². The third-order valence-electron chi connectivity index (χ3n) is 5.96. The molecule has 32 heavy (non-hydrogen) atoms. The van der Waals surface area contributed by atoms with Crippen LogP contribution in [-0.2, 0) is 15.7 Å². The molecule has 2 aliphatic rings. The van der Waals surface area contributed by atoms with Gasteiger partial charge in [-0.15, -0.1) is 0 Å². The number of carbonyl (C=O) groups is 2. The summed E-state index contributed by atoms with van der Waals surface area (Å²) in [5, 5.41) is 9.05. The molecule has 1 aliphatic carbocycles. The Morgan fingerprint density at radius 2 is 1.78 bits per heavy atom. The maximum absolute atomic E-state index is 13.5. The Balaban J connectivity index is 1.77. The quantitative estimate of drug-likeness (QED) is 0.651. The Bertz CT molecular complexity index is 1160. The molecule has 0 aromatic heterocycles. The largest absolute Gasteiger partial charge is 0.465 e. The number of anilines is 2. The van der Waals surface area contributed by atoms with Crippen LogP contribution in [0.3, 0.4) is 0 Å². The minimum atomic E-state index is -4.75. The van der Waals surface area contributed by atoms with Crippen molar-refractivity contribution in [1.29, 1.82) is 5.26 Å². The summed E-state index contributed by atoms with van der Waals surface area (Å²) in [6.07, 6.45) is -2.93. The molecule has 0 unspecified atom stereocenters. The van der Waals surface area contributed by atoms with E-state index in [1.54, 1.807) is 35.2 Å². The fraction of sp³-hybridized carbons (Fsp3) is 0.261. The second kappa shape index (κ2) is 7.41. The zero-order valence-electron chi connectivity index (χ0n) is 17.1. The monoisotopic (exact) mass is 441 g/mol. The minimum Gasteiger partial charge on any atom is -0.465 e. The molecule has 1 aliphatic heterocycles. The molecule has 2 aromatic carbocycles. The summed E-state index contributed by atoms with van der Waals surface area (Å²) in [7, 11) is 1.27. The third kappa shape index (κ3) is 3.11. The predicted molar refractivity (Wildman–Crippen MR) is 110 cm³/mol. The Morgan fingerprint density at radius 1 is 1.16 bits per heavy atom. The number of hydrogen-bond donors (Lipinski definition) is 0. The summed E-state index contributed by atoms with van der Waals surface area (Å²) < 4.78 is 45.1. The van der Waals surface area contributed by atoms with Gasteiger partial charge in [-0.2, -0.15) is 18.4 Å². The number of methoxy groups -OCH3 is 1. The highest BCUT2D eigenvalue weighted by atomic mass is 19.4. The van der Waals surface area contributed by atoms with E-state index in [2.05, 4.69) is 6.58 Å². The average Bonchev–Trinajstić information content (AvgIpc) is 2.99. The highest BCUT2D eigenvalue weighted by Crippen LogP contribution is 2.50. The summed E-state index contributed by atoms with van der Waals surface area (Å²) >= 11 is 0. The fourth-order valence-electron chi connectivity index (χ4n) is 4.25. The first-order valence-electron chi connectivity index (χ1n) is 9.77. The van der Waals surface area contributed by atoms with Crippen molar-refractivity contribution in [2.45, 2.75) is 31.0 Å². The SMILES string of the molecule is C=C1N(c2ccc(C#N)c(C(F)(F)F)c2)C(=O)C2(CCC2)N1c1ccc(C(=O)OC)cc1. The van der Waals surface area contributed by atoms with E-state index in [9.17, 15) is 22.8 Å². The molecule has 0 N–H and O–H groups in total. The van der Waals surface area contributed by atoms with Crippen molar-refractivity contribution in [3.8, 4) is 6.07 Å². The number of rotatable bonds is 3. The first-order chi connectivity index (χ1) is 15.1. The number of esters is 1. The molecule has 4 rings (SSSR count). The number of nitriles is 1. The van der Waals surface area contributed by atoms with E-state index in [1.807, 2.05) is 0 Å². The first-order valence-corrected chi connectivity index (χ1v) is 9.77. The van der Waals surface area contributed by atoms with E-state index >= 15 is 0 Å².